The normalized spacial score (nSPS) is 25.7. The molecule has 0 spiro atoms. The van der Waals surface area contributed by atoms with Crippen LogP contribution in [0.15, 0.2) is 42.2 Å². The number of ether oxygens (including phenoxy) is 1. The highest BCUT2D eigenvalue weighted by Gasteiger charge is 2.54. The molecule has 2 unspecified atom stereocenters. The van der Waals surface area contributed by atoms with Gasteiger partial charge < -0.3 is 9.84 Å². The van der Waals surface area contributed by atoms with Gasteiger partial charge in [-0.3, -0.25) is 4.79 Å². The fourth-order valence-electron chi connectivity index (χ4n) is 6.27. The molecule has 3 fully saturated rings. The predicted molar refractivity (Wildman–Crippen MR) is 128 cm³/mol. The number of nitrogens with zero attached hydrogens (tertiary/aromatic N) is 2. The SMILES string of the molecule is CCc1ccc(Oc2nc3ccc([N+](=O)O)cc3s2)cc1C1=C(O)C2C3CCC(CC3)C2C1=O. The zero-order valence-corrected chi connectivity index (χ0v) is 19.5. The zero-order chi connectivity index (χ0) is 23.6. The van der Waals surface area contributed by atoms with Crippen molar-refractivity contribution >= 4 is 38.6 Å². The molecular weight excluding hydrogens is 452 g/mol. The minimum absolute atomic E-state index is 0.0326. The van der Waals surface area contributed by atoms with Crippen LogP contribution in [0.2, 0.25) is 0 Å². The molecule has 0 saturated heterocycles. The monoisotopic (exact) mass is 477 g/mol. The number of aromatic nitrogens is 1. The third-order valence-electron chi connectivity index (χ3n) is 7.85. The van der Waals surface area contributed by atoms with E-state index in [1.165, 1.54) is 17.4 Å². The molecule has 3 aromatic rings. The molecule has 2 bridgehead atoms. The van der Waals surface area contributed by atoms with Crippen molar-refractivity contribution in [1.29, 1.82) is 0 Å². The van der Waals surface area contributed by atoms with E-state index in [4.69, 9.17) is 9.94 Å². The van der Waals surface area contributed by atoms with Crippen LogP contribution in [0.25, 0.3) is 15.8 Å². The van der Waals surface area contributed by atoms with Gasteiger partial charge in [0.2, 0.25) is 0 Å². The highest BCUT2D eigenvalue weighted by atomic mass is 32.1. The first-order chi connectivity index (χ1) is 16.4. The number of carbonyl (C=O) groups is 1. The molecule has 8 heteroatoms. The minimum atomic E-state index is -0.182. The molecule has 1 aromatic heterocycles. The summed E-state index contributed by atoms with van der Waals surface area (Å²) in [6.07, 6.45) is 5.10. The zero-order valence-electron chi connectivity index (χ0n) is 18.7. The van der Waals surface area contributed by atoms with Crippen LogP contribution < -0.4 is 4.74 Å². The predicted octanol–water partition coefficient (Wildman–Crippen LogP) is 6.35. The third-order valence-corrected chi connectivity index (χ3v) is 8.75. The Morgan fingerprint density at radius 2 is 1.82 bits per heavy atom. The first-order valence-corrected chi connectivity index (χ1v) is 12.6. The van der Waals surface area contributed by atoms with Crippen molar-refractivity contribution in [2.75, 3.05) is 0 Å². The average Bonchev–Trinajstić information content (AvgIpc) is 3.37. The molecule has 4 aliphatic rings. The average molecular weight is 478 g/mol. The Balaban J connectivity index is 1.36. The van der Waals surface area contributed by atoms with Crippen LogP contribution in [0.4, 0.5) is 5.69 Å². The van der Waals surface area contributed by atoms with Crippen LogP contribution in [-0.4, -0.2) is 26.0 Å². The largest absolute Gasteiger partial charge is 0.511 e. The van der Waals surface area contributed by atoms with Crippen molar-refractivity contribution in [2.45, 2.75) is 39.0 Å². The lowest BCUT2D eigenvalue weighted by molar-refractivity contribution is -0.729. The first kappa shape index (κ1) is 21.3. The molecule has 2 N–H and O–H groups in total. The summed E-state index contributed by atoms with van der Waals surface area (Å²) in [5, 5.41) is 20.8. The maximum Gasteiger partial charge on any atom is 0.318 e. The smallest absolute Gasteiger partial charge is 0.318 e. The van der Waals surface area contributed by atoms with E-state index in [0.717, 1.165) is 43.2 Å². The summed E-state index contributed by atoms with van der Waals surface area (Å²) < 4.78 is 6.75. The Kier molecular flexibility index (Phi) is 4.95. The lowest BCUT2D eigenvalue weighted by Gasteiger charge is -2.44. The van der Waals surface area contributed by atoms with Crippen molar-refractivity contribution in [2.24, 2.45) is 23.7 Å². The number of thiazole rings is 1. The van der Waals surface area contributed by atoms with Gasteiger partial charge in [0.05, 0.1) is 20.7 Å². The van der Waals surface area contributed by atoms with Gasteiger partial charge in [0.25, 0.3) is 10.1 Å². The van der Waals surface area contributed by atoms with Crippen LogP contribution >= 0.6 is 11.3 Å². The number of aliphatic hydroxyl groups is 1. The lowest BCUT2D eigenvalue weighted by Crippen LogP contribution is -2.41. The molecule has 0 amide bonds. The van der Waals surface area contributed by atoms with Gasteiger partial charge in [0, 0.05) is 24.0 Å². The standard InChI is InChI=1S/C26H24N2O5S/c1-2-13-7-9-17(33-26-27-19-10-8-16(28(31)32)11-20(19)34-26)12-18(13)23-24(29)21-14-3-4-15(6-5-14)22(21)25(23)30/h7-12,14-15,21-22H,2-6H2,1H3,(H-,29,30,31,32)/p+1. The van der Waals surface area contributed by atoms with Gasteiger partial charge >= 0.3 is 5.69 Å². The van der Waals surface area contributed by atoms with E-state index in [2.05, 4.69) is 4.98 Å². The Morgan fingerprint density at radius 1 is 1.09 bits per heavy atom. The Bertz CT molecular complexity index is 1370. The maximum absolute atomic E-state index is 13.6. The second-order valence-corrected chi connectivity index (χ2v) is 10.5. The van der Waals surface area contributed by atoms with Gasteiger partial charge in [-0.1, -0.05) is 24.3 Å². The van der Waals surface area contributed by atoms with Crippen molar-refractivity contribution in [3.63, 3.8) is 0 Å². The first-order valence-electron chi connectivity index (χ1n) is 11.8. The summed E-state index contributed by atoms with van der Waals surface area (Å²) in [6.45, 7) is 2.04. The summed E-state index contributed by atoms with van der Waals surface area (Å²) in [4.78, 5) is 29.0. The number of rotatable bonds is 5. The van der Waals surface area contributed by atoms with Crippen LogP contribution in [0.3, 0.4) is 0 Å². The topological polar surface area (TPSA) is 99.7 Å². The fraction of sp³-hybridized carbons (Fsp3) is 0.385. The number of aliphatic hydroxyl groups excluding tert-OH is 1. The summed E-state index contributed by atoms with van der Waals surface area (Å²) in [5.74, 6) is 1.56. The van der Waals surface area contributed by atoms with Crippen LogP contribution in [0.1, 0.15) is 43.7 Å². The van der Waals surface area contributed by atoms with E-state index in [1.807, 2.05) is 25.1 Å². The molecule has 1 heterocycles. The molecule has 34 heavy (non-hydrogen) atoms. The van der Waals surface area contributed by atoms with E-state index >= 15 is 0 Å². The van der Waals surface area contributed by atoms with Crippen LogP contribution in [0.5, 0.6) is 10.9 Å². The Hall–Kier alpha value is -3.26. The number of allylic oxidation sites excluding steroid dienone is 2. The van der Waals surface area contributed by atoms with Crippen molar-refractivity contribution < 1.29 is 24.8 Å². The molecule has 2 atom stereocenters. The van der Waals surface area contributed by atoms with E-state index in [9.17, 15) is 14.8 Å². The lowest BCUT2D eigenvalue weighted by atomic mass is 9.59. The van der Waals surface area contributed by atoms with Gasteiger partial charge in [-0.25, -0.2) is 10.2 Å². The molecule has 174 valence electrons. The molecule has 4 aliphatic carbocycles. The van der Waals surface area contributed by atoms with Crippen molar-refractivity contribution in [3.8, 4) is 10.9 Å². The van der Waals surface area contributed by atoms with Gasteiger partial charge in [0.15, 0.2) is 5.78 Å². The highest BCUT2D eigenvalue weighted by molar-refractivity contribution is 7.20. The Labute approximate surface area is 200 Å². The Morgan fingerprint density at radius 3 is 2.50 bits per heavy atom. The summed E-state index contributed by atoms with van der Waals surface area (Å²) in [5.41, 5.74) is 3.00. The second-order valence-electron chi connectivity index (χ2n) is 9.53. The number of aryl methyl sites for hydroxylation is 1. The summed E-state index contributed by atoms with van der Waals surface area (Å²) in [6, 6.07) is 10.3. The quantitative estimate of drug-likeness (QED) is 0.415. The third kappa shape index (κ3) is 3.23. The summed E-state index contributed by atoms with van der Waals surface area (Å²) in [7, 11) is 0. The van der Waals surface area contributed by atoms with Gasteiger partial charge in [-0.05, 0) is 73.3 Å². The number of hydrogen-bond donors (Lipinski definition) is 2. The van der Waals surface area contributed by atoms with E-state index in [0.29, 0.717) is 38.6 Å². The molecule has 7 nitrogen and oxygen atoms in total. The van der Waals surface area contributed by atoms with Crippen molar-refractivity contribution in [1.82, 2.24) is 4.98 Å². The number of Topliss-reactive ketones (excluding diaryl/α,β-unsaturated/α-hetero) is 1. The van der Waals surface area contributed by atoms with E-state index in [1.54, 1.807) is 12.1 Å². The van der Waals surface area contributed by atoms with Crippen LogP contribution in [0, 0.1) is 28.6 Å². The number of ketones is 1. The minimum Gasteiger partial charge on any atom is -0.511 e. The molecule has 2 aromatic carbocycles. The highest BCUT2D eigenvalue weighted by Crippen LogP contribution is 2.57. The van der Waals surface area contributed by atoms with Gasteiger partial charge in [-0.15, -0.1) is 0 Å². The molecule has 0 radical (unpaired) electrons. The number of carbonyl (C=O) groups excluding carboxylic acids is 1. The summed E-state index contributed by atoms with van der Waals surface area (Å²) >= 11 is 1.26. The number of fused-ring (bicyclic) bond motifs is 3. The second kappa shape index (κ2) is 7.91. The van der Waals surface area contributed by atoms with E-state index in [-0.39, 0.29) is 34.0 Å². The van der Waals surface area contributed by atoms with Gasteiger partial charge in [0.1, 0.15) is 11.5 Å². The molecule has 0 aliphatic heterocycles. The van der Waals surface area contributed by atoms with E-state index < -0.39 is 0 Å². The maximum atomic E-state index is 13.6. The molecular formula is C26H25N2O5S+. The molecule has 7 rings (SSSR count). The fourth-order valence-corrected chi connectivity index (χ4v) is 7.13. The van der Waals surface area contributed by atoms with Gasteiger partial charge in [-0.2, -0.15) is 0 Å². The molecule has 3 saturated carbocycles. The van der Waals surface area contributed by atoms with Crippen molar-refractivity contribution in [3.05, 3.63) is 58.2 Å². The van der Waals surface area contributed by atoms with Crippen LogP contribution in [-0.2, 0) is 11.2 Å². The number of benzene rings is 2. The number of hydrogen-bond acceptors (Lipinski definition) is 6.